The van der Waals surface area contributed by atoms with Crippen LogP contribution < -0.4 is 5.32 Å². The molecule has 3 nitrogen and oxygen atoms in total. The molecule has 1 unspecified atom stereocenters. The molecule has 0 aliphatic carbocycles. The average Bonchev–Trinajstić information content (AvgIpc) is 2.36. The van der Waals surface area contributed by atoms with Gasteiger partial charge in [-0.25, -0.2) is 4.79 Å². The summed E-state index contributed by atoms with van der Waals surface area (Å²) in [7, 11) is 0. The summed E-state index contributed by atoms with van der Waals surface area (Å²) < 4.78 is 5.09. The Bertz CT molecular complexity index is 371. The van der Waals surface area contributed by atoms with Crippen molar-refractivity contribution in [3.63, 3.8) is 0 Å². The van der Waals surface area contributed by atoms with Crippen LogP contribution in [0.1, 0.15) is 50.8 Å². The van der Waals surface area contributed by atoms with E-state index in [0.717, 1.165) is 12.1 Å². The second kappa shape index (κ2) is 7.17. The number of nitrogens with one attached hydrogen (secondary N) is 1. The van der Waals surface area contributed by atoms with Crippen LogP contribution in [0, 0.1) is 0 Å². The second-order valence-corrected chi connectivity index (χ2v) is 4.56. The third kappa shape index (κ3) is 3.84. The zero-order valence-corrected chi connectivity index (χ0v) is 11.7. The van der Waals surface area contributed by atoms with Gasteiger partial charge in [0, 0.05) is 0 Å². The first kappa shape index (κ1) is 14.7. The SMILES string of the molecule is CCNC(C(=O)OCC)c1ccc(C(C)C)cc1. The van der Waals surface area contributed by atoms with Crippen LogP contribution in [0.4, 0.5) is 0 Å². The molecule has 0 aliphatic rings. The fourth-order valence-electron chi connectivity index (χ4n) is 1.84. The van der Waals surface area contributed by atoms with Gasteiger partial charge in [-0.3, -0.25) is 0 Å². The highest BCUT2D eigenvalue weighted by Crippen LogP contribution is 2.19. The number of likely N-dealkylation sites (N-methyl/N-ethyl adjacent to an activating group) is 1. The van der Waals surface area contributed by atoms with E-state index in [1.807, 2.05) is 26.0 Å². The van der Waals surface area contributed by atoms with Gasteiger partial charge in [0.1, 0.15) is 6.04 Å². The fourth-order valence-corrected chi connectivity index (χ4v) is 1.84. The Kier molecular flexibility index (Phi) is 5.86. The minimum absolute atomic E-state index is 0.211. The van der Waals surface area contributed by atoms with Crippen molar-refractivity contribution in [1.82, 2.24) is 5.32 Å². The van der Waals surface area contributed by atoms with E-state index in [-0.39, 0.29) is 12.0 Å². The van der Waals surface area contributed by atoms with Gasteiger partial charge in [-0.15, -0.1) is 0 Å². The summed E-state index contributed by atoms with van der Waals surface area (Å²) in [6, 6.07) is 7.78. The van der Waals surface area contributed by atoms with Gasteiger partial charge >= 0.3 is 5.97 Å². The molecule has 3 heteroatoms. The quantitative estimate of drug-likeness (QED) is 0.788. The molecule has 0 aromatic heterocycles. The molecule has 1 atom stereocenters. The highest BCUT2D eigenvalue weighted by Gasteiger charge is 2.20. The predicted molar refractivity (Wildman–Crippen MR) is 73.6 cm³/mol. The molecule has 1 aromatic carbocycles. The van der Waals surface area contributed by atoms with E-state index in [4.69, 9.17) is 4.74 Å². The molecule has 0 bridgehead atoms. The third-order valence-electron chi connectivity index (χ3n) is 2.87. The van der Waals surface area contributed by atoms with Gasteiger partial charge < -0.3 is 10.1 Å². The lowest BCUT2D eigenvalue weighted by atomic mass is 9.99. The van der Waals surface area contributed by atoms with Crippen LogP contribution in [0.25, 0.3) is 0 Å². The average molecular weight is 249 g/mol. The number of carbonyl (C=O) groups excluding carboxylic acids is 1. The van der Waals surface area contributed by atoms with Crippen molar-refractivity contribution in [3.05, 3.63) is 35.4 Å². The van der Waals surface area contributed by atoms with Crippen LogP contribution in [0.3, 0.4) is 0 Å². The van der Waals surface area contributed by atoms with Crippen molar-refractivity contribution in [3.8, 4) is 0 Å². The number of carbonyl (C=O) groups is 1. The van der Waals surface area contributed by atoms with E-state index in [1.165, 1.54) is 5.56 Å². The van der Waals surface area contributed by atoms with Gasteiger partial charge in [0.05, 0.1) is 6.61 Å². The molecule has 1 N–H and O–H groups in total. The highest BCUT2D eigenvalue weighted by atomic mass is 16.5. The summed E-state index contributed by atoms with van der Waals surface area (Å²) in [4.78, 5) is 11.9. The van der Waals surface area contributed by atoms with E-state index < -0.39 is 0 Å². The first-order chi connectivity index (χ1) is 8.60. The van der Waals surface area contributed by atoms with Crippen molar-refractivity contribution < 1.29 is 9.53 Å². The summed E-state index contributed by atoms with van der Waals surface area (Å²) in [6.07, 6.45) is 0. The summed E-state index contributed by atoms with van der Waals surface area (Å²) in [5.41, 5.74) is 2.23. The fraction of sp³-hybridized carbons (Fsp3) is 0.533. The lowest BCUT2D eigenvalue weighted by Gasteiger charge is -2.17. The molecular formula is C15H23NO2. The first-order valence-corrected chi connectivity index (χ1v) is 6.60. The van der Waals surface area contributed by atoms with Gasteiger partial charge in [-0.2, -0.15) is 0 Å². The molecule has 1 rings (SSSR count). The largest absolute Gasteiger partial charge is 0.465 e. The number of rotatable bonds is 6. The summed E-state index contributed by atoms with van der Waals surface area (Å²) >= 11 is 0. The maximum atomic E-state index is 11.9. The molecule has 0 saturated carbocycles. The lowest BCUT2D eigenvalue weighted by Crippen LogP contribution is -2.30. The Labute approximate surface area is 110 Å². The van der Waals surface area contributed by atoms with E-state index >= 15 is 0 Å². The minimum Gasteiger partial charge on any atom is -0.465 e. The maximum absolute atomic E-state index is 11.9. The smallest absolute Gasteiger partial charge is 0.327 e. The number of benzene rings is 1. The van der Waals surface area contributed by atoms with Crippen molar-refractivity contribution in [2.45, 2.75) is 39.7 Å². The molecule has 0 radical (unpaired) electrons. The Morgan fingerprint density at radius 3 is 2.17 bits per heavy atom. The van der Waals surface area contributed by atoms with Gasteiger partial charge in [0.25, 0.3) is 0 Å². The minimum atomic E-state index is -0.365. The normalized spacial score (nSPS) is 12.5. The second-order valence-electron chi connectivity index (χ2n) is 4.56. The van der Waals surface area contributed by atoms with E-state index in [0.29, 0.717) is 12.5 Å². The van der Waals surface area contributed by atoms with Crippen LogP contribution in [-0.2, 0) is 9.53 Å². The number of esters is 1. The molecule has 0 saturated heterocycles. The maximum Gasteiger partial charge on any atom is 0.327 e. The highest BCUT2D eigenvalue weighted by molar-refractivity contribution is 5.77. The topological polar surface area (TPSA) is 38.3 Å². The molecule has 100 valence electrons. The molecular weight excluding hydrogens is 226 g/mol. The van der Waals surface area contributed by atoms with Gasteiger partial charge in [-0.1, -0.05) is 45.0 Å². The molecule has 0 fully saturated rings. The van der Waals surface area contributed by atoms with Crippen molar-refractivity contribution in [2.75, 3.05) is 13.2 Å². The zero-order valence-electron chi connectivity index (χ0n) is 11.7. The van der Waals surface area contributed by atoms with Gasteiger partial charge in [0.2, 0.25) is 0 Å². The Hall–Kier alpha value is -1.35. The van der Waals surface area contributed by atoms with Crippen molar-refractivity contribution >= 4 is 5.97 Å². The molecule has 18 heavy (non-hydrogen) atoms. The van der Waals surface area contributed by atoms with Crippen LogP contribution in [0.2, 0.25) is 0 Å². The molecule has 0 spiro atoms. The van der Waals surface area contributed by atoms with Crippen molar-refractivity contribution in [2.24, 2.45) is 0 Å². The lowest BCUT2D eigenvalue weighted by molar-refractivity contribution is -0.145. The predicted octanol–water partition coefficient (Wildman–Crippen LogP) is 3.02. The van der Waals surface area contributed by atoms with Crippen LogP contribution >= 0.6 is 0 Å². The molecule has 1 aromatic rings. The van der Waals surface area contributed by atoms with Gasteiger partial charge in [0.15, 0.2) is 0 Å². The number of ether oxygens (including phenoxy) is 1. The monoisotopic (exact) mass is 249 g/mol. The number of hydrogen-bond acceptors (Lipinski definition) is 3. The molecule has 0 aliphatic heterocycles. The number of hydrogen-bond donors (Lipinski definition) is 1. The van der Waals surface area contributed by atoms with Gasteiger partial charge in [-0.05, 0) is 30.5 Å². The zero-order chi connectivity index (χ0) is 13.5. The summed E-state index contributed by atoms with van der Waals surface area (Å²) in [5.74, 6) is 0.288. The summed E-state index contributed by atoms with van der Waals surface area (Å²) in [6.45, 7) is 9.25. The van der Waals surface area contributed by atoms with E-state index in [2.05, 4.69) is 31.3 Å². The van der Waals surface area contributed by atoms with Crippen LogP contribution in [0.15, 0.2) is 24.3 Å². The standard InChI is InChI=1S/C15H23NO2/c1-5-16-14(15(17)18-6-2)13-9-7-12(8-10-13)11(3)4/h7-11,14,16H,5-6H2,1-4H3. The Balaban J connectivity index is 2.88. The van der Waals surface area contributed by atoms with Crippen LogP contribution in [0.5, 0.6) is 0 Å². The molecule has 0 heterocycles. The van der Waals surface area contributed by atoms with E-state index in [1.54, 1.807) is 0 Å². The Morgan fingerprint density at radius 1 is 1.17 bits per heavy atom. The Morgan fingerprint density at radius 2 is 1.72 bits per heavy atom. The van der Waals surface area contributed by atoms with Crippen LogP contribution in [-0.4, -0.2) is 19.1 Å². The van der Waals surface area contributed by atoms with E-state index in [9.17, 15) is 4.79 Å². The molecule has 0 amide bonds. The summed E-state index contributed by atoms with van der Waals surface area (Å²) in [5, 5.41) is 3.16. The first-order valence-electron chi connectivity index (χ1n) is 6.60. The van der Waals surface area contributed by atoms with Crippen molar-refractivity contribution in [1.29, 1.82) is 0 Å². The third-order valence-corrected chi connectivity index (χ3v) is 2.87.